The molecule has 0 bridgehead atoms. The van der Waals surface area contributed by atoms with Gasteiger partial charge in [-0.25, -0.2) is 8.42 Å². The summed E-state index contributed by atoms with van der Waals surface area (Å²) < 4.78 is 31.8. The number of thioether (sulfide) groups is 1. The van der Waals surface area contributed by atoms with Crippen molar-refractivity contribution in [3.05, 3.63) is 30.3 Å². The average molecular weight is 360 g/mol. The Balaban J connectivity index is 2.89. The van der Waals surface area contributed by atoms with Gasteiger partial charge < -0.3 is 10.5 Å². The molecular weight excluding hydrogens is 340 g/mol. The highest BCUT2D eigenvalue weighted by molar-refractivity contribution is 7.98. The number of rotatable bonds is 9. The van der Waals surface area contributed by atoms with E-state index in [0.717, 1.165) is 0 Å². The second-order valence-corrected chi connectivity index (χ2v) is 7.45. The average Bonchev–Trinajstić information content (AvgIpc) is 2.51. The number of esters is 1. The number of hydrogen-bond donors (Lipinski definition) is 2. The minimum absolute atomic E-state index is 0.0462. The lowest BCUT2D eigenvalue weighted by Gasteiger charge is -2.19. The van der Waals surface area contributed by atoms with Crippen molar-refractivity contribution in [2.75, 3.05) is 12.0 Å². The molecule has 0 unspecified atom stereocenters. The molecule has 23 heavy (non-hydrogen) atoms. The van der Waals surface area contributed by atoms with Crippen LogP contribution in [0.15, 0.2) is 35.2 Å². The van der Waals surface area contributed by atoms with Gasteiger partial charge >= 0.3 is 5.97 Å². The highest BCUT2D eigenvalue weighted by Gasteiger charge is 2.28. The zero-order chi connectivity index (χ0) is 17.5. The molecule has 0 saturated heterocycles. The summed E-state index contributed by atoms with van der Waals surface area (Å²) in [5.41, 5.74) is 5.04. The van der Waals surface area contributed by atoms with Crippen molar-refractivity contribution in [1.29, 1.82) is 0 Å². The maximum atomic E-state index is 12.3. The lowest BCUT2D eigenvalue weighted by Crippen LogP contribution is -2.44. The van der Waals surface area contributed by atoms with E-state index in [1.54, 1.807) is 18.2 Å². The molecule has 1 aromatic rings. The molecule has 0 saturated carbocycles. The first kappa shape index (κ1) is 19.5. The summed E-state index contributed by atoms with van der Waals surface area (Å²) in [6.45, 7) is 1.33. The zero-order valence-electron chi connectivity index (χ0n) is 12.9. The predicted octanol–water partition coefficient (Wildman–Crippen LogP) is 0.504. The molecule has 0 radical (unpaired) electrons. The first-order chi connectivity index (χ1) is 10.8. The molecule has 3 N–H and O–H groups in total. The summed E-state index contributed by atoms with van der Waals surface area (Å²) >= 11 is 1.46. The van der Waals surface area contributed by atoms with Crippen LogP contribution >= 0.6 is 11.8 Å². The van der Waals surface area contributed by atoms with Crippen molar-refractivity contribution in [1.82, 2.24) is 4.72 Å². The minimum Gasteiger partial charge on any atom is -0.451 e. The van der Waals surface area contributed by atoms with Gasteiger partial charge in [-0.15, -0.1) is 0 Å². The largest absolute Gasteiger partial charge is 0.451 e. The number of ether oxygens (including phenoxy) is 1. The SMILES string of the molecule is CSCC[C@@H](NS(=O)(=O)c1ccccc1)C(=O)O[C@@H](C)C(N)=O. The van der Waals surface area contributed by atoms with Crippen molar-refractivity contribution in [2.24, 2.45) is 5.73 Å². The summed E-state index contributed by atoms with van der Waals surface area (Å²) in [7, 11) is -3.87. The number of carbonyl (C=O) groups excluding carboxylic acids is 2. The first-order valence-electron chi connectivity index (χ1n) is 6.84. The number of amides is 1. The van der Waals surface area contributed by atoms with E-state index in [1.807, 2.05) is 6.26 Å². The standard InChI is InChI=1S/C14H20N2O5S2/c1-10(13(15)17)21-14(18)12(8-9-22-2)16-23(19,20)11-6-4-3-5-7-11/h3-7,10,12,16H,8-9H2,1-2H3,(H2,15,17)/t10-,12+/m0/s1. The second-order valence-electron chi connectivity index (χ2n) is 4.75. The van der Waals surface area contributed by atoms with Gasteiger partial charge in [-0.3, -0.25) is 9.59 Å². The van der Waals surface area contributed by atoms with E-state index < -0.39 is 34.0 Å². The van der Waals surface area contributed by atoms with E-state index in [0.29, 0.717) is 5.75 Å². The number of hydrogen-bond acceptors (Lipinski definition) is 6. The van der Waals surface area contributed by atoms with Gasteiger partial charge in [0.15, 0.2) is 6.10 Å². The second kappa shape index (κ2) is 8.90. The third kappa shape index (κ3) is 6.20. The van der Waals surface area contributed by atoms with Crippen LogP contribution in [0.2, 0.25) is 0 Å². The summed E-state index contributed by atoms with van der Waals surface area (Å²) in [5, 5.41) is 0. The minimum atomic E-state index is -3.87. The summed E-state index contributed by atoms with van der Waals surface area (Å²) in [4.78, 5) is 23.1. The molecule has 9 heteroatoms. The summed E-state index contributed by atoms with van der Waals surface area (Å²) in [5.74, 6) is -1.08. The monoisotopic (exact) mass is 360 g/mol. The third-order valence-electron chi connectivity index (χ3n) is 2.94. The van der Waals surface area contributed by atoms with Gasteiger partial charge in [-0.2, -0.15) is 16.5 Å². The Morgan fingerprint density at radius 2 is 1.91 bits per heavy atom. The van der Waals surface area contributed by atoms with Crippen LogP contribution in [-0.2, 0) is 24.3 Å². The van der Waals surface area contributed by atoms with E-state index in [-0.39, 0.29) is 11.3 Å². The lowest BCUT2D eigenvalue weighted by atomic mass is 10.2. The maximum Gasteiger partial charge on any atom is 0.324 e. The molecule has 0 fully saturated rings. The highest BCUT2D eigenvalue weighted by atomic mass is 32.2. The van der Waals surface area contributed by atoms with Crippen LogP contribution in [-0.4, -0.2) is 44.4 Å². The topological polar surface area (TPSA) is 116 Å². The van der Waals surface area contributed by atoms with Gasteiger partial charge in [-0.05, 0) is 37.5 Å². The Bertz CT molecular complexity index is 634. The van der Waals surface area contributed by atoms with E-state index in [4.69, 9.17) is 10.5 Å². The zero-order valence-corrected chi connectivity index (χ0v) is 14.5. The number of nitrogens with two attached hydrogens (primary N) is 1. The lowest BCUT2D eigenvalue weighted by molar-refractivity contribution is -0.155. The molecule has 1 amide bonds. The predicted molar refractivity (Wildman–Crippen MR) is 88.3 cm³/mol. The first-order valence-corrected chi connectivity index (χ1v) is 9.71. The number of sulfonamides is 1. The van der Waals surface area contributed by atoms with Gasteiger partial charge in [0.05, 0.1) is 4.90 Å². The van der Waals surface area contributed by atoms with Crippen molar-refractivity contribution in [3.63, 3.8) is 0 Å². The smallest absolute Gasteiger partial charge is 0.324 e. The molecule has 1 aromatic carbocycles. The molecule has 0 aromatic heterocycles. The molecular formula is C14H20N2O5S2. The molecule has 7 nitrogen and oxygen atoms in total. The van der Waals surface area contributed by atoms with Gasteiger partial charge in [0.1, 0.15) is 6.04 Å². The molecule has 0 heterocycles. The Morgan fingerprint density at radius 3 is 2.43 bits per heavy atom. The molecule has 1 rings (SSSR count). The van der Waals surface area contributed by atoms with E-state index in [9.17, 15) is 18.0 Å². The number of benzene rings is 1. The van der Waals surface area contributed by atoms with Gasteiger partial charge in [0.2, 0.25) is 10.0 Å². The summed E-state index contributed by atoms with van der Waals surface area (Å²) in [6, 6.07) is 6.61. The Morgan fingerprint density at radius 1 is 1.30 bits per heavy atom. The van der Waals surface area contributed by atoms with Crippen LogP contribution in [0.5, 0.6) is 0 Å². The highest BCUT2D eigenvalue weighted by Crippen LogP contribution is 2.11. The fraction of sp³-hybridized carbons (Fsp3) is 0.429. The Hall–Kier alpha value is -1.58. The van der Waals surface area contributed by atoms with E-state index in [1.165, 1.54) is 30.8 Å². The molecule has 0 aliphatic carbocycles. The normalized spacial score (nSPS) is 14.0. The van der Waals surface area contributed by atoms with Crippen LogP contribution in [0.1, 0.15) is 13.3 Å². The number of carbonyl (C=O) groups is 2. The quantitative estimate of drug-likeness (QED) is 0.620. The number of primary amides is 1. The van der Waals surface area contributed by atoms with Crippen molar-refractivity contribution in [2.45, 2.75) is 30.4 Å². The van der Waals surface area contributed by atoms with Crippen molar-refractivity contribution < 1.29 is 22.7 Å². The molecule has 128 valence electrons. The van der Waals surface area contributed by atoms with Crippen LogP contribution in [0.3, 0.4) is 0 Å². The van der Waals surface area contributed by atoms with Crippen molar-refractivity contribution in [3.8, 4) is 0 Å². The Labute approximate surface area is 140 Å². The van der Waals surface area contributed by atoms with Crippen LogP contribution in [0.25, 0.3) is 0 Å². The van der Waals surface area contributed by atoms with Gasteiger partial charge in [0, 0.05) is 0 Å². The van der Waals surface area contributed by atoms with Crippen LogP contribution in [0, 0.1) is 0 Å². The summed E-state index contributed by atoms with van der Waals surface area (Å²) in [6.07, 6.45) is 0.943. The van der Waals surface area contributed by atoms with Crippen LogP contribution in [0.4, 0.5) is 0 Å². The van der Waals surface area contributed by atoms with Gasteiger partial charge in [0.25, 0.3) is 5.91 Å². The maximum absolute atomic E-state index is 12.3. The molecule has 0 aliphatic rings. The number of nitrogens with one attached hydrogen (secondary N) is 1. The van der Waals surface area contributed by atoms with E-state index in [2.05, 4.69) is 4.72 Å². The molecule has 0 aliphatic heterocycles. The van der Waals surface area contributed by atoms with Gasteiger partial charge in [-0.1, -0.05) is 18.2 Å². The fourth-order valence-electron chi connectivity index (χ4n) is 1.63. The molecule has 2 atom stereocenters. The van der Waals surface area contributed by atoms with Crippen LogP contribution < -0.4 is 10.5 Å². The fourth-order valence-corrected chi connectivity index (χ4v) is 3.34. The third-order valence-corrected chi connectivity index (χ3v) is 5.07. The van der Waals surface area contributed by atoms with Crippen molar-refractivity contribution >= 4 is 33.7 Å². The molecule has 0 spiro atoms. The Kier molecular flexibility index (Phi) is 7.53. The van der Waals surface area contributed by atoms with E-state index >= 15 is 0 Å².